The number of halogens is 6. The number of alkyl halides is 6. The minimum Gasteiger partial charge on any atom is -0.346 e. The van der Waals surface area contributed by atoms with E-state index in [0.717, 1.165) is 5.56 Å². The molecule has 1 saturated carbocycles. The fraction of sp³-hybridized carbons (Fsp3) is 0.391. The molecule has 0 radical (unpaired) electrons. The Bertz CT molecular complexity index is 956. The Balaban J connectivity index is 1.96. The van der Waals surface area contributed by atoms with Gasteiger partial charge in [0.2, 0.25) is 5.91 Å². The van der Waals surface area contributed by atoms with Gasteiger partial charge in [0.05, 0.1) is 22.6 Å². The number of hydrogen-bond acceptors (Lipinski definition) is 2. The maximum absolute atomic E-state index is 13.2. The van der Waals surface area contributed by atoms with E-state index in [1.165, 1.54) is 6.92 Å². The van der Waals surface area contributed by atoms with E-state index in [1.807, 2.05) is 0 Å². The summed E-state index contributed by atoms with van der Waals surface area (Å²) in [5, 5.41) is 2.83. The molecule has 2 aromatic carbocycles. The number of rotatable bonds is 4. The summed E-state index contributed by atoms with van der Waals surface area (Å²) >= 11 is 0. The summed E-state index contributed by atoms with van der Waals surface area (Å²) in [6.45, 7) is 1.26. The third kappa shape index (κ3) is 5.14. The Kier molecular flexibility index (Phi) is 6.40. The van der Waals surface area contributed by atoms with E-state index in [0.29, 0.717) is 25.0 Å². The summed E-state index contributed by atoms with van der Waals surface area (Å²) in [5.74, 6) is -1.96. The monoisotopic (exact) mass is 457 g/mol. The van der Waals surface area contributed by atoms with Gasteiger partial charge < -0.3 is 5.32 Å². The third-order valence-electron chi connectivity index (χ3n) is 5.85. The molecule has 32 heavy (non-hydrogen) atoms. The molecule has 1 aliphatic rings. The van der Waals surface area contributed by atoms with Gasteiger partial charge in [0.25, 0.3) is 0 Å². The first-order chi connectivity index (χ1) is 14.8. The van der Waals surface area contributed by atoms with Gasteiger partial charge in [0.15, 0.2) is 0 Å². The van der Waals surface area contributed by atoms with Crippen LogP contribution in [0.2, 0.25) is 0 Å². The van der Waals surface area contributed by atoms with Crippen LogP contribution in [0.1, 0.15) is 60.8 Å². The average Bonchev–Trinajstić information content (AvgIpc) is 2.74. The lowest BCUT2D eigenvalue weighted by Crippen LogP contribution is -2.49. The predicted molar refractivity (Wildman–Crippen MR) is 105 cm³/mol. The van der Waals surface area contributed by atoms with E-state index in [1.54, 1.807) is 30.3 Å². The maximum atomic E-state index is 13.2. The van der Waals surface area contributed by atoms with Crippen LogP contribution in [-0.4, -0.2) is 11.7 Å². The second-order valence-corrected chi connectivity index (χ2v) is 8.04. The van der Waals surface area contributed by atoms with Gasteiger partial charge in [-0.2, -0.15) is 26.3 Å². The van der Waals surface area contributed by atoms with Crippen molar-refractivity contribution >= 4 is 11.7 Å². The summed E-state index contributed by atoms with van der Waals surface area (Å²) < 4.78 is 79.2. The molecule has 0 saturated heterocycles. The summed E-state index contributed by atoms with van der Waals surface area (Å²) in [6, 6.07) is 10.00. The van der Waals surface area contributed by atoms with Gasteiger partial charge >= 0.3 is 12.4 Å². The van der Waals surface area contributed by atoms with Crippen LogP contribution in [-0.2, 0) is 27.5 Å². The first-order valence-electron chi connectivity index (χ1n) is 10.0. The molecule has 1 unspecified atom stereocenters. The summed E-state index contributed by atoms with van der Waals surface area (Å²) in [4.78, 5) is 24.8. The van der Waals surface area contributed by atoms with Crippen LogP contribution in [0.5, 0.6) is 0 Å². The lowest BCUT2D eigenvalue weighted by molar-refractivity contribution is -0.143. The first kappa shape index (κ1) is 23.8. The molecule has 3 nitrogen and oxygen atoms in total. The molecule has 1 atom stereocenters. The lowest BCUT2D eigenvalue weighted by Gasteiger charge is -2.39. The number of nitrogens with one attached hydrogen (secondary N) is 1. The number of Topliss-reactive ketones (excluding diaryl/α,β-unsaturated/α-hetero) is 1. The number of ketones is 1. The highest BCUT2D eigenvalue weighted by atomic mass is 19.4. The summed E-state index contributed by atoms with van der Waals surface area (Å²) in [6.07, 6.45) is -8.98. The fourth-order valence-corrected chi connectivity index (χ4v) is 3.92. The molecule has 0 bridgehead atoms. The number of benzene rings is 2. The normalized spacial score (nSPS) is 17.7. The highest BCUT2D eigenvalue weighted by Crippen LogP contribution is 2.39. The molecule has 0 heterocycles. The van der Waals surface area contributed by atoms with Gasteiger partial charge in [-0.3, -0.25) is 9.59 Å². The molecule has 1 aliphatic carbocycles. The predicted octanol–water partition coefficient (Wildman–Crippen LogP) is 5.98. The van der Waals surface area contributed by atoms with Crippen molar-refractivity contribution in [2.75, 3.05) is 0 Å². The zero-order chi connectivity index (χ0) is 23.7. The van der Waals surface area contributed by atoms with Gasteiger partial charge in [-0.25, -0.2) is 0 Å². The van der Waals surface area contributed by atoms with Crippen molar-refractivity contribution in [2.24, 2.45) is 0 Å². The molecule has 3 rings (SSSR count). The quantitative estimate of drug-likeness (QED) is 0.574. The van der Waals surface area contributed by atoms with Crippen LogP contribution in [0.4, 0.5) is 26.3 Å². The molecule has 2 aromatic rings. The molecule has 1 fully saturated rings. The van der Waals surface area contributed by atoms with E-state index in [9.17, 15) is 35.9 Å². The number of amides is 1. The SMILES string of the molecule is CC(C(=O)NC1(c2ccccc2)CCC(=O)CC1)c1cc(C(F)(F)F)cc(C(F)(F)F)c1. The molecule has 1 N–H and O–H groups in total. The highest BCUT2D eigenvalue weighted by molar-refractivity contribution is 5.85. The molecular weight excluding hydrogens is 436 g/mol. The largest absolute Gasteiger partial charge is 0.416 e. The molecule has 0 aromatic heterocycles. The van der Waals surface area contributed by atoms with Crippen LogP contribution in [0.25, 0.3) is 0 Å². The van der Waals surface area contributed by atoms with Crippen LogP contribution >= 0.6 is 0 Å². The van der Waals surface area contributed by atoms with Gasteiger partial charge in [-0.1, -0.05) is 30.3 Å². The molecule has 0 spiro atoms. The van der Waals surface area contributed by atoms with Gasteiger partial charge in [0.1, 0.15) is 5.78 Å². The Labute approximate surface area is 180 Å². The zero-order valence-corrected chi connectivity index (χ0v) is 17.1. The van der Waals surface area contributed by atoms with E-state index in [-0.39, 0.29) is 30.3 Å². The molecule has 172 valence electrons. The van der Waals surface area contributed by atoms with Crippen molar-refractivity contribution in [1.29, 1.82) is 0 Å². The Morgan fingerprint density at radius 3 is 1.88 bits per heavy atom. The van der Waals surface area contributed by atoms with Crippen LogP contribution in [0.15, 0.2) is 48.5 Å². The van der Waals surface area contributed by atoms with Gasteiger partial charge in [-0.05, 0) is 49.1 Å². The zero-order valence-electron chi connectivity index (χ0n) is 17.1. The standard InChI is InChI=1S/C23H21F6NO2/c1-14(15-11-17(22(24,25)26)13-18(12-15)23(27,28)29)20(32)30-21(9-7-19(31)8-10-21)16-5-3-2-4-6-16/h2-6,11-14H,7-10H2,1H3,(H,30,32). The van der Waals surface area contributed by atoms with E-state index in [2.05, 4.69) is 5.32 Å². The smallest absolute Gasteiger partial charge is 0.346 e. The van der Waals surface area contributed by atoms with Crippen molar-refractivity contribution in [3.63, 3.8) is 0 Å². The van der Waals surface area contributed by atoms with Crippen molar-refractivity contribution in [1.82, 2.24) is 5.32 Å². The van der Waals surface area contributed by atoms with Crippen molar-refractivity contribution < 1.29 is 35.9 Å². The van der Waals surface area contributed by atoms with E-state index in [4.69, 9.17) is 0 Å². The second-order valence-electron chi connectivity index (χ2n) is 8.04. The summed E-state index contributed by atoms with van der Waals surface area (Å²) in [7, 11) is 0. The van der Waals surface area contributed by atoms with E-state index < -0.39 is 40.8 Å². The van der Waals surface area contributed by atoms with Gasteiger partial charge in [-0.15, -0.1) is 0 Å². The highest BCUT2D eigenvalue weighted by Gasteiger charge is 2.40. The Morgan fingerprint density at radius 2 is 1.41 bits per heavy atom. The van der Waals surface area contributed by atoms with Crippen molar-refractivity contribution in [3.8, 4) is 0 Å². The number of hydrogen-bond donors (Lipinski definition) is 1. The minimum atomic E-state index is -5.00. The molecule has 0 aliphatic heterocycles. The van der Waals surface area contributed by atoms with Gasteiger partial charge in [0, 0.05) is 12.8 Å². The number of carbonyl (C=O) groups excluding carboxylic acids is 2. The van der Waals surface area contributed by atoms with Crippen molar-refractivity contribution in [3.05, 3.63) is 70.8 Å². The van der Waals surface area contributed by atoms with E-state index >= 15 is 0 Å². The number of carbonyl (C=O) groups is 2. The maximum Gasteiger partial charge on any atom is 0.416 e. The molecule has 9 heteroatoms. The average molecular weight is 457 g/mol. The molecule has 1 amide bonds. The fourth-order valence-electron chi connectivity index (χ4n) is 3.92. The topological polar surface area (TPSA) is 46.2 Å². The first-order valence-corrected chi connectivity index (χ1v) is 10.0. The lowest BCUT2D eigenvalue weighted by atomic mass is 9.75. The minimum absolute atomic E-state index is 0.0338. The third-order valence-corrected chi connectivity index (χ3v) is 5.85. The van der Waals surface area contributed by atoms with Crippen LogP contribution < -0.4 is 5.32 Å². The van der Waals surface area contributed by atoms with Crippen LogP contribution in [0, 0.1) is 0 Å². The van der Waals surface area contributed by atoms with Crippen molar-refractivity contribution in [2.45, 2.75) is 56.4 Å². The molecular formula is C23H21F6NO2. The Morgan fingerprint density at radius 1 is 0.906 bits per heavy atom. The second kappa shape index (κ2) is 8.60. The summed E-state index contributed by atoms with van der Waals surface area (Å²) in [5.41, 5.74) is -3.52. The Hall–Kier alpha value is -2.84. The van der Waals surface area contributed by atoms with Crippen LogP contribution in [0.3, 0.4) is 0 Å².